The molecule has 1 saturated carbocycles. The van der Waals surface area contributed by atoms with E-state index in [4.69, 9.17) is 0 Å². The first-order chi connectivity index (χ1) is 9.10. The van der Waals surface area contributed by atoms with E-state index >= 15 is 0 Å². The van der Waals surface area contributed by atoms with Crippen LogP contribution in [0.2, 0.25) is 0 Å². The summed E-state index contributed by atoms with van der Waals surface area (Å²) in [7, 11) is -3.23. The van der Waals surface area contributed by atoms with Crippen molar-refractivity contribution in [3.8, 4) is 0 Å². The summed E-state index contributed by atoms with van der Waals surface area (Å²) in [6.45, 7) is 2.40. The number of aliphatic hydroxyl groups excluding tert-OH is 1. The lowest BCUT2D eigenvalue weighted by Gasteiger charge is -2.26. The monoisotopic (exact) mass is 283 g/mol. The number of nitrogens with zero attached hydrogens (tertiary/aromatic N) is 1. The smallest absolute Gasteiger partial charge is 0.180 e. The normalized spacial score (nSPS) is 15.5. The lowest BCUT2D eigenvalue weighted by Crippen LogP contribution is -2.30. The molecule has 4 nitrogen and oxygen atoms in total. The van der Waals surface area contributed by atoms with Crippen LogP contribution in [-0.2, 0) is 9.84 Å². The van der Waals surface area contributed by atoms with E-state index in [-0.39, 0.29) is 12.4 Å². The standard InChI is InChI=1S/C14H21NO3S/c1-2-11-19(17,18)14-6-4-3-5-13(14)15(9-10-16)12-7-8-12/h3-6,12,16H,2,7-11H2,1H3. The zero-order chi connectivity index (χ0) is 13.9. The topological polar surface area (TPSA) is 57.6 Å². The van der Waals surface area contributed by atoms with Crippen molar-refractivity contribution in [3.05, 3.63) is 24.3 Å². The molecule has 0 atom stereocenters. The van der Waals surface area contributed by atoms with Gasteiger partial charge in [-0.3, -0.25) is 0 Å². The molecule has 1 fully saturated rings. The van der Waals surface area contributed by atoms with Crippen LogP contribution < -0.4 is 4.90 Å². The zero-order valence-corrected chi connectivity index (χ0v) is 12.1. The molecule has 0 heterocycles. The molecule has 0 unspecified atom stereocenters. The van der Waals surface area contributed by atoms with Gasteiger partial charge in [0.2, 0.25) is 0 Å². The van der Waals surface area contributed by atoms with E-state index in [0.29, 0.717) is 23.9 Å². The van der Waals surface area contributed by atoms with Crippen LogP contribution in [0.25, 0.3) is 0 Å². The van der Waals surface area contributed by atoms with Crippen molar-refractivity contribution in [1.82, 2.24) is 0 Å². The van der Waals surface area contributed by atoms with Crippen molar-refractivity contribution < 1.29 is 13.5 Å². The Morgan fingerprint density at radius 1 is 1.32 bits per heavy atom. The maximum atomic E-state index is 12.3. The van der Waals surface area contributed by atoms with Crippen molar-refractivity contribution in [2.75, 3.05) is 23.8 Å². The molecule has 106 valence electrons. The molecule has 1 aliphatic rings. The van der Waals surface area contributed by atoms with E-state index in [9.17, 15) is 13.5 Å². The molecule has 0 spiro atoms. The van der Waals surface area contributed by atoms with Gasteiger partial charge in [-0.05, 0) is 31.4 Å². The van der Waals surface area contributed by atoms with E-state index in [1.54, 1.807) is 12.1 Å². The summed E-state index contributed by atoms with van der Waals surface area (Å²) in [5.41, 5.74) is 0.743. The molecular formula is C14H21NO3S. The first-order valence-corrected chi connectivity index (χ1v) is 8.44. The lowest BCUT2D eigenvalue weighted by atomic mass is 10.2. The fourth-order valence-electron chi connectivity index (χ4n) is 2.33. The van der Waals surface area contributed by atoms with E-state index in [1.807, 2.05) is 24.0 Å². The Morgan fingerprint density at radius 2 is 2.00 bits per heavy atom. The second kappa shape index (κ2) is 5.92. The molecule has 0 radical (unpaired) electrons. The van der Waals surface area contributed by atoms with Gasteiger partial charge in [-0.1, -0.05) is 19.1 Å². The largest absolute Gasteiger partial charge is 0.395 e. The predicted octanol–water partition coefficient (Wildman–Crippen LogP) is 1.83. The molecule has 0 amide bonds. The van der Waals surface area contributed by atoms with Crippen molar-refractivity contribution in [2.45, 2.75) is 37.1 Å². The number of hydrogen-bond acceptors (Lipinski definition) is 4. The van der Waals surface area contributed by atoms with Crippen LogP contribution in [0.4, 0.5) is 5.69 Å². The first kappa shape index (κ1) is 14.3. The molecule has 19 heavy (non-hydrogen) atoms. The number of para-hydroxylation sites is 1. The van der Waals surface area contributed by atoms with E-state index in [2.05, 4.69) is 0 Å². The van der Waals surface area contributed by atoms with Gasteiger partial charge < -0.3 is 10.0 Å². The Hall–Kier alpha value is -1.07. The maximum Gasteiger partial charge on any atom is 0.180 e. The van der Waals surface area contributed by atoms with E-state index in [1.165, 1.54) is 0 Å². The Bertz CT molecular complexity index is 523. The maximum absolute atomic E-state index is 12.3. The zero-order valence-electron chi connectivity index (χ0n) is 11.2. The van der Waals surface area contributed by atoms with Gasteiger partial charge >= 0.3 is 0 Å². The van der Waals surface area contributed by atoms with Crippen LogP contribution in [0, 0.1) is 0 Å². The highest BCUT2D eigenvalue weighted by Gasteiger charge is 2.31. The molecule has 0 bridgehead atoms. The van der Waals surface area contributed by atoms with Crippen LogP contribution in [0.15, 0.2) is 29.2 Å². The Labute approximate surface area is 115 Å². The van der Waals surface area contributed by atoms with Crippen molar-refractivity contribution in [3.63, 3.8) is 0 Å². The van der Waals surface area contributed by atoms with Crippen molar-refractivity contribution in [1.29, 1.82) is 0 Å². The first-order valence-electron chi connectivity index (χ1n) is 6.79. The number of rotatable bonds is 7. The molecule has 1 aliphatic carbocycles. The molecule has 1 aromatic rings. The average molecular weight is 283 g/mol. The summed E-state index contributed by atoms with van der Waals surface area (Å²) in [4.78, 5) is 2.43. The third-order valence-corrected chi connectivity index (χ3v) is 5.27. The third-order valence-electron chi connectivity index (χ3n) is 3.31. The van der Waals surface area contributed by atoms with Crippen LogP contribution in [0.3, 0.4) is 0 Å². The van der Waals surface area contributed by atoms with Gasteiger partial charge in [0.15, 0.2) is 9.84 Å². The van der Waals surface area contributed by atoms with Crippen LogP contribution in [-0.4, -0.2) is 38.5 Å². The number of sulfone groups is 1. The summed E-state index contributed by atoms with van der Waals surface area (Å²) in [6, 6.07) is 7.51. The van der Waals surface area contributed by atoms with Crippen molar-refractivity contribution in [2.24, 2.45) is 0 Å². The fraction of sp³-hybridized carbons (Fsp3) is 0.571. The van der Waals surface area contributed by atoms with Gasteiger partial charge in [0.1, 0.15) is 0 Å². The quantitative estimate of drug-likeness (QED) is 0.829. The lowest BCUT2D eigenvalue weighted by molar-refractivity contribution is 0.301. The molecule has 2 rings (SSSR count). The van der Waals surface area contributed by atoms with Crippen LogP contribution in [0.1, 0.15) is 26.2 Å². The van der Waals surface area contributed by atoms with E-state index < -0.39 is 9.84 Å². The van der Waals surface area contributed by atoms with Gasteiger partial charge in [0.25, 0.3) is 0 Å². The molecular weight excluding hydrogens is 262 g/mol. The minimum atomic E-state index is -3.23. The summed E-state index contributed by atoms with van der Waals surface area (Å²) in [6.07, 6.45) is 2.75. The Morgan fingerprint density at radius 3 is 2.58 bits per heavy atom. The van der Waals surface area contributed by atoms with Crippen molar-refractivity contribution >= 4 is 15.5 Å². The highest BCUT2D eigenvalue weighted by molar-refractivity contribution is 7.91. The van der Waals surface area contributed by atoms with Crippen LogP contribution in [0.5, 0.6) is 0 Å². The SMILES string of the molecule is CCCS(=O)(=O)c1ccccc1N(CCO)C1CC1. The highest BCUT2D eigenvalue weighted by Crippen LogP contribution is 2.35. The second-order valence-electron chi connectivity index (χ2n) is 4.93. The minimum Gasteiger partial charge on any atom is -0.395 e. The third kappa shape index (κ3) is 3.28. The fourth-order valence-corrected chi connectivity index (χ4v) is 3.88. The van der Waals surface area contributed by atoms with Gasteiger partial charge in [-0.2, -0.15) is 0 Å². The summed E-state index contributed by atoms with van der Waals surface area (Å²) < 4.78 is 24.6. The minimum absolute atomic E-state index is 0.0403. The number of hydrogen-bond donors (Lipinski definition) is 1. The molecule has 5 heteroatoms. The Kier molecular flexibility index (Phi) is 4.47. The molecule has 0 saturated heterocycles. The predicted molar refractivity (Wildman–Crippen MR) is 76.2 cm³/mol. The second-order valence-corrected chi connectivity index (χ2v) is 7.01. The average Bonchev–Trinajstić information content (AvgIpc) is 3.20. The highest BCUT2D eigenvalue weighted by atomic mass is 32.2. The van der Waals surface area contributed by atoms with Gasteiger partial charge in [0.05, 0.1) is 22.9 Å². The summed E-state index contributed by atoms with van der Waals surface area (Å²) >= 11 is 0. The van der Waals surface area contributed by atoms with E-state index in [0.717, 1.165) is 18.5 Å². The summed E-state index contributed by atoms with van der Waals surface area (Å²) in [5, 5.41) is 9.18. The van der Waals surface area contributed by atoms with Crippen LogP contribution >= 0.6 is 0 Å². The van der Waals surface area contributed by atoms with Gasteiger partial charge in [-0.15, -0.1) is 0 Å². The molecule has 1 N–H and O–H groups in total. The number of aliphatic hydroxyl groups is 1. The Balaban J connectivity index is 2.39. The molecule has 1 aromatic carbocycles. The number of anilines is 1. The molecule has 0 aliphatic heterocycles. The van der Waals surface area contributed by atoms with Gasteiger partial charge in [0, 0.05) is 12.6 Å². The number of benzene rings is 1. The summed E-state index contributed by atoms with van der Waals surface area (Å²) in [5.74, 6) is 0.168. The molecule has 0 aromatic heterocycles. The van der Waals surface area contributed by atoms with Gasteiger partial charge in [-0.25, -0.2) is 8.42 Å².